The number of hydrogen-bond donors (Lipinski definition) is 2. The number of aliphatic hydroxyl groups excluding tert-OH is 1. The van der Waals surface area contributed by atoms with Crippen molar-refractivity contribution in [3.05, 3.63) is 59.7 Å². The topological polar surface area (TPSA) is 107 Å². The van der Waals surface area contributed by atoms with Crippen LogP contribution in [0.1, 0.15) is 11.1 Å². The molecule has 0 aliphatic heterocycles. The van der Waals surface area contributed by atoms with Gasteiger partial charge in [-0.3, -0.25) is 4.90 Å². The molecule has 0 spiro atoms. The van der Waals surface area contributed by atoms with Crippen molar-refractivity contribution in [1.29, 1.82) is 0 Å². The first-order valence-electron chi connectivity index (χ1n) is 11.5. The second-order valence-corrected chi connectivity index (χ2v) is 7.36. The van der Waals surface area contributed by atoms with Crippen molar-refractivity contribution >= 4 is 23.9 Å². The van der Waals surface area contributed by atoms with Gasteiger partial charge < -0.3 is 33.9 Å². The standard InChI is InChI=1S/C26H35NO8/c1-27(26(29)30)24-8-4-22(5-9-24)2-3-23-6-10-25(11-7-23)35-21-20-34-19-18-33-17-16-32-15-14-31-13-12-28/h2-11,28H,12-21H2,1H3,(H,29,30). The van der Waals surface area contributed by atoms with E-state index in [1.807, 2.05) is 48.6 Å². The molecule has 0 bridgehead atoms. The molecule has 2 N–H and O–H groups in total. The summed E-state index contributed by atoms with van der Waals surface area (Å²) in [5, 5.41) is 17.6. The highest BCUT2D eigenvalue weighted by molar-refractivity contribution is 5.85. The summed E-state index contributed by atoms with van der Waals surface area (Å²) in [6.07, 6.45) is 2.96. The maximum atomic E-state index is 11.0. The molecule has 0 radical (unpaired) electrons. The number of aliphatic hydroxyl groups is 1. The molecule has 0 aromatic heterocycles. The summed E-state index contributed by atoms with van der Waals surface area (Å²) in [6.45, 7) is 4.18. The number of carbonyl (C=O) groups is 1. The lowest BCUT2D eigenvalue weighted by Gasteiger charge is -2.12. The predicted molar refractivity (Wildman–Crippen MR) is 134 cm³/mol. The molecular weight excluding hydrogens is 454 g/mol. The van der Waals surface area contributed by atoms with Gasteiger partial charge in [0.1, 0.15) is 12.4 Å². The molecule has 192 valence electrons. The van der Waals surface area contributed by atoms with E-state index in [4.69, 9.17) is 33.9 Å². The lowest BCUT2D eigenvalue weighted by atomic mass is 10.1. The third kappa shape index (κ3) is 12.4. The second kappa shape index (κ2) is 17.5. The minimum atomic E-state index is -0.994. The van der Waals surface area contributed by atoms with Gasteiger partial charge in [0.15, 0.2) is 0 Å². The Hall–Kier alpha value is -2.95. The van der Waals surface area contributed by atoms with Crippen LogP contribution in [0.2, 0.25) is 0 Å². The van der Waals surface area contributed by atoms with Crippen molar-refractivity contribution in [3.63, 3.8) is 0 Å². The number of nitrogens with zero attached hydrogens (tertiary/aromatic N) is 1. The van der Waals surface area contributed by atoms with Crippen LogP contribution in [0.25, 0.3) is 12.2 Å². The van der Waals surface area contributed by atoms with Crippen LogP contribution in [0.3, 0.4) is 0 Å². The van der Waals surface area contributed by atoms with E-state index < -0.39 is 6.09 Å². The van der Waals surface area contributed by atoms with Gasteiger partial charge in [0.25, 0.3) is 0 Å². The molecular formula is C26H35NO8. The Morgan fingerprint density at radius 3 is 1.60 bits per heavy atom. The average Bonchev–Trinajstić information content (AvgIpc) is 2.88. The summed E-state index contributed by atoms with van der Waals surface area (Å²) < 4.78 is 27.0. The van der Waals surface area contributed by atoms with Gasteiger partial charge in [0.05, 0.1) is 59.5 Å². The SMILES string of the molecule is CN(C(=O)O)c1ccc(C=Cc2ccc(OCCOCCOCCOCCOCCO)cc2)cc1. The summed E-state index contributed by atoms with van der Waals surface area (Å²) >= 11 is 0. The number of ether oxygens (including phenoxy) is 5. The highest BCUT2D eigenvalue weighted by Gasteiger charge is 2.07. The fourth-order valence-electron chi connectivity index (χ4n) is 2.83. The first-order chi connectivity index (χ1) is 17.1. The van der Waals surface area contributed by atoms with E-state index in [1.165, 1.54) is 11.9 Å². The lowest BCUT2D eigenvalue weighted by molar-refractivity contribution is -0.00779. The molecule has 0 aliphatic carbocycles. The third-order valence-corrected chi connectivity index (χ3v) is 4.76. The average molecular weight is 490 g/mol. The largest absolute Gasteiger partial charge is 0.491 e. The highest BCUT2D eigenvalue weighted by Crippen LogP contribution is 2.17. The van der Waals surface area contributed by atoms with Gasteiger partial charge in [-0.15, -0.1) is 0 Å². The van der Waals surface area contributed by atoms with Crippen LogP contribution in [0.5, 0.6) is 5.75 Å². The highest BCUT2D eigenvalue weighted by atomic mass is 16.6. The summed E-state index contributed by atoms with van der Waals surface area (Å²) in [6, 6.07) is 15.0. The minimum Gasteiger partial charge on any atom is -0.491 e. The number of hydrogen-bond acceptors (Lipinski definition) is 7. The van der Waals surface area contributed by atoms with Gasteiger partial charge in [0.2, 0.25) is 0 Å². The van der Waals surface area contributed by atoms with Crippen LogP contribution in [0.4, 0.5) is 10.5 Å². The molecule has 0 heterocycles. The zero-order chi connectivity index (χ0) is 25.1. The van der Waals surface area contributed by atoms with E-state index in [-0.39, 0.29) is 6.61 Å². The fourth-order valence-corrected chi connectivity index (χ4v) is 2.83. The van der Waals surface area contributed by atoms with Gasteiger partial charge in [-0.25, -0.2) is 4.79 Å². The summed E-state index contributed by atoms with van der Waals surface area (Å²) in [4.78, 5) is 12.2. The molecule has 35 heavy (non-hydrogen) atoms. The normalized spacial score (nSPS) is 11.1. The number of amides is 1. The second-order valence-electron chi connectivity index (χ2n) is 7.36. The maximum absolute atomic E-state index is 11.0. The van der Waals surface area contributed by atoms with E-state index in [2.05, 4.69) is 0 Å². The van der Waals surface area contributed by atoms with Gasteiger partial charge in [0, 0.05) is 12.7 Å². The summed E-state index contributed by atoms with van der Waals surface area (Å²) in [7, 11) is 1.51. The molecule has 0 saturated carbocycles. The molecule has 0 atom stereocenters. The maximum Gasteiger partial charge on any atom is 0.411 e. The van der Waals surface area contributed by atoms with E-state index >= 15 is 0 Å². The molecule has 2 aromatic rings. The van der Waals surface area contributed by atoms with Crippen molar-refractivity contribution in [2.45, 2.75) is 0 Å². The Kier molecular flexibility index (Phi) is 14.1. The smallest absolute Gasteiger partial charge is 0.411 e. The van der Waals surface area contributed by atoms with Crippen molar-refractivity contribution in [1.82, 2.24) is 0 Å². The fraction of sp³-hybridized carbons (Fsp3) is 0.423. The number of benzene rings is 2. The van der Waals surface area contributed by atoms with Crippen LogP contribution in [-0.2, 0) is 18.9 Å². The quantitative estimate of drug-likeness (QED) is 0.242. The first kappa shape index (κ1) is 28.3. The Morgan fingerprint density at radius 2 is 1.14 bits per heavy atom. The summed E-state index contributed by atoms with van der Waals surface area (Å²) in [5.74, 6) is 0.767. The Balaban J connectivity index is 1.53. The lowest BCUT2D eigenvalue weighted by Crippen LogP contribution is -2.23. The molecule has 0 fully saturated rings. The van der Waals surface area contributed by atoms with E-state index in [0.29, 0.717) is 65.1 Å². The number of carboxylic acid groups (broad SMARTS) is 1. The van der Waals surface area contributed by atoms with E-state index in [9.17, 15) is 4.79 Å². The Bertz CT molecular complexity index is 855. The van der Waals surface area contributed by atoms with Gasteiger partial charge in [-0.2, -0.15) is 0 Å². The van der Waals surface area contributed by atoms with Crippen LogP contribution in [0, 0.1) is 0 Å². The minimum absolute atomic E-state index is 0.0211. The first-order valence-corrected chi connectivity index (χ1v) is 11.5. The van der Waals surface area contributed by atoms with E-state index in [0.717, 1.165) is 16.9 Å². The van der Waals surface area contributed by atoms with Crippen molar-refractivity contribution in [2.24, 2.45) is 0 Å². The molecule has 2 rings (SSSR count). The molecule has 9 nitrogen and oxygen atoms in total. The van der Waals surface area contributed by atoms with Crippen LogP contribution < -0.4 is 9.64 Å². The van der Waals surface area contributed by atoms with Crippen LogP contribution in [0.15, 0.2) is 48.5 Å². The number of rotatable bonds is 18. The monoisotopic (exact) mass is 489 g/mol. The predicted octanol–water partition coefficient (Wildman–Crippen LogP) is 3.41. The molecule has 0 aliphatic rings. The third-order valence-electron chi connectivity index (χ3n) is 4.76. The van der Waals surface area contributed by atoms with Crippen LogP contribution >= 0.6 is 0 Å². The van der Waals surface area contributed by atoms with Crippen molar-refractivity contribution < 1.29 is 38.7 Å². The zero-order valence-electron chi connectivity index (χ0n) is 20.1. The Labute approximate surface area is 206 Å². The van der Waals surface area contributed by atoms with Gasteiger partial charge in [-0.05, 0) is 35.4 Å². The van der Waals surface area contributed by atoms with Gasteiger partial charge in [-0.1, -0.05) is 36.4 Å². The van der Waals surface area contributed by atoms with Gasteiger partial charge >= 0.3 is 6.09 Å². The molecule has 0 saturated heterocycles. The van der Waals surface area contributed by atoms with Crippen molar-refractivity contribution in [3.8, 4) is 5.75 Å². The molecule has 2 aromatic carbocycles. The van der Waals surface area contributed by atoms with Crippen molar-refractivity contribution in [2.75, 3.05) is 78.0 Å². The molecule has 9 heteroatoms. The van der Waals surface area contributed by atoms with E-state index in [1.54, 1.807) is 12.1 Å². The zero-order valence-corrected chi connectivity index (χ0v) is 20.1. The summed E-state index contributed by atoms with van der Waals surface area (Å²) in [5.41, 5.74) is 2.62. The molecule has 0 unspecified atom stereocenters. The number of anilines is 1. The van der Waals surface area contributed by atoms with Crippen LogP contribution in [-0.4, -0.2) is 89.4 Å². The molecule has 1 amide bonds. The Morgan fingerprint density at radius 1 is 0.714 bits per heavy atom.